The van der Waals surface area contributed by atoms with Crippen LogP contribution in [-0.2, 0) is 11.3 Å². The van der Waals surface area contributed by atoms with Crippen LogP contribution in [0.25, 0.3) is 0 Å². The van der Waals surface area contributed by atoms with Crippen LogP contribution >= 0.6 is 11.6 Å². The Morgan fingerprint density at radius 1 is 1.06 bits per heavy atom. The average molecular weight is 446 g/mol. The second-order valence-corrected chi connectivity index (χ2v) is 8.88. The molecule has 0 bridgehead atoms. The first-order valence-electron chi connectivity index (χ1n) is 10.9. The van der Waals surface area contributed by atoms with Crippen molar-refractivity contribution in [2.45, 2.75) is 25.4 Å². The zero-order valence-corrected chi connectivity index (χ0v) is 18.4. The number of carbonyl (C=O) groups is 1. The third-order valence-corrected chi connectivity index (χ3v) is 6.14. The van der Waals surface area contributed by atoms with Gasteiger partial charge in [0.05, 0.1) is 6.04 Å². The summed E-state index contributed by atoms with van der Waals surface area (Å²) in [6.45, 7) is 4.76. The number of hydrogen-bond donors (Lipinski definition) is 1. The topological polar surface area (TPSA) is 44.8 Å². The van der Waals surface area contributed by atoms with Crippen molar-refractivity contribution in [3.8, 4) is 5.75 Å². The molecule has 1 atom stereocenters. The van der Waals surface area contributed by atoms with Gasteiger partial charge < -0.3 is 15.0 Å². The van der Waals surface area contributed by atoms with E-state index in [9.17, 15) is 9.18 Å². The maximum absolute atomic E-state index is 13.2. The van der Waals surface area contributed by atoms with Gasteiger partial charge in [-0.1, -0.05) is 23.7 Å². The first kappa shape index (κ1) is 22.1. The van der Waals surface area contributed by atoms with E-state index in [-0.39, 0.29) is 24.4 Å². The van der Waals surface area contributed by atoms with Crippen molar-refractivity contribution in [1.29, 1.82) is 0 Å². The largest absolute Gasteiger partial charge is 0.484 e. The highest BCUT2D eigenvalue weighted by Gasteiger charge is 2.31. The predicted molar refractivity (Wildman–Crippen MR) is 120 cm³/mol. The quantitative estimate of drug-likeness (QED) is 0.641. The first-order chi connectivity index (χ1) is 15.1. The van der Waals surface area contributed by atoms with E-state index in [1.165, 1.54) is 25.0 Å². The number of hydrogen-bond acceptors (Lipinski definition) is 4. The lowest BCUT2D eigenvalue weighted by Gasteiger charge is -2.41. The van der Waals surface area contributed by atoms with Crippen molar-refractivity contribution >= 4 is 17.5 Å². The van der Waals surface area contributed by atoms with E-state index >= 15 is 0 Å². The van der Waals surface area contributed by atoms with Crippen LogP contribution in [-0.4, -0.2) is 61.1 Å². The number of rotatable bonds is 9. The predicted octanol–water partition coefficient (Wildman–Crippen LogP) is 3.57. The smallest absolute Gasteiger partial charge is 0.260 e. The third-order valence-electron chi connectivity index (χ3n) is 5.89. The van der Waals surface area contributed by atoms with Crippen molar-refractivity contribution in [3.05, 3.63) is 64.9 Å². The Bertz CT molecular complexity index is 858. The van der Waals surface area contributed by atoms with Crippen LogP contribution in [0, 0.1) is 11.7 Å². The van der Waals surface area contributed by atoms with Gasteiger partial charge in [-0.2, -0.15) is 0 Å². The van der Waals surface area contributed by atoms with Crippen LogP contribution in [0.5, 0.6) is 5.75 Å². The number of carbonyl (C=O) groups excluding carboxylic acids is 1. The molecule has 1 unspecified atom stereocenters. The maximum atomic E-state index is 13.2. The Balaban J connectivity index is 1.34. The lowest BCUT2D eigenvalue weighted by molar-refractivity contribution is -0.138. The summed E-state index contributed by atoms with van der Waals surface area (Å²) in [5, 5.41) is 4.18. The third kappa shape index (κ3) is 6.66. The number of amides is 1. The van der Waals surface area contributed by atoms with E-state index in [0.717, 1.165) is 44.2 Å². The summed E-state index contributed by atoms with van der Waals surface area (Å²) in [6.07, 6.45) is 2.60. The second kappa shape index (κ2) is 10.4. The number of nitrogens with one attached hydrogen (secondary N) is 1. The van der Waals surface area contributed by atoms with E-state index in [1.807, 2.05) is 17.0 Å². The van der Waals surface area contributed by atoms with Crippen LogP contribution in [0.15, 0.2) is 48.5 Å². The molecule has 0 radical (unpaired) electrons. The summed E-state index contributed by atoms with van der Waals surface area (Å²) in [6, 6.07) is 13.8. The molecule has 0 spiro atoms. The Morgan fingerprint density at radius 3 is 2.52 bits per heavy atom. The van der Waals surface area contributed by atoms with Crippen LogP contribution in [0.2, 0.25) is 5.02 Å². The van der Waals surface area contributed by atoms with Gasteiger partial charge in [0.2, 0.25) is 0 Å². The number of ether oxygens (including phenoxy) is 1. The standard InChI is InChI=1S/C24H29ClFN3O2/c25-20-5-9-23(10-6-20)31-17-24(30)29-12-11-28(15-19-3-7-21(26)8-4-19)16-22(29)14-27-13-18-1-2-18/h3-10,18,22,27H,1-2,11-17H2. The molecule has 7 heteroatoms. The van der Waals surface area contributed by atoms with Crippen LogP contribution < -0.4 is 10.1 Å². The van der Waals surface area contributed by atoms with Crippen molar-refractivity contribution in [1.82, 2.24) is 15.1 Å². The van der Waals surface area contributed by atoms with Crippen LogP contribution in [0.1, 0.15) is 18.4 Å². The highest BCUT2D eigenvalue weighted by molar-refractivity contribution is 6.30. The maximum Gasteiger partial charge on any atom is 0.260 e. The minimum absolute atomic E-state index is 0.00500. The fourth-order valence-electron chi connectivity index (χ4n) is 3.95. The average Bonchev–Trinajstić information content (AvgIpc) is 3.59. The molecule has 0 aromatic heterocycles. The van der Waals surface area contributed by atoms with Gasteiger partial charge in [-0.25, -0.2) is 4.39 Å². The summed E-state index contributed by atoms with van der Waals surface area (Å²) in [7, 11) is 0. The molecule has 2 fully saturated rings. The zero-order chi connectivity index (χ0) is 21.6. The number of halogens is 2. The van der Waals surface area contributed by atoms with Crippen molar-refractivity contribution in [2.75, 3.05) is 39.3 Å². The Morgan fingerprint density at radius 2 is 1.81 bits per heavy atom. The lowest BCUT2D eigenvalue weighted by Crippen LogP contribution is -2.59. The van der Waals surface area contributed by atoms with Gasteiger partial charge >= 0.3 is 0 Å². The molecule has 31 heavy (non-hydrogen) atoms. The van der Waals surface area contributed by atoms with Crippen molar-refractivity contribution in [3.63, 3.8) is 0 Å². The van der Waals surface area contributed by atoms with Gasteiger partial charge in [-0.15, -0.1) is 0 Å². The molecule has 1 aliphatic heterocycles. The second-order valence-electron chi connectivity index (χ2n) is 8.45. The Kier molecular flexibility index (Phi) is 7.43. The molecule has 1 heterocycles. The highest BCUT2D eigenvalue weighted by atomic mass is 35.5. The van der Waals surface area contributed by atoms with Crippen molar-refractivity contribution in [2.24, 2.45) is 5.92 Å². The van der Waals surface area contributed by atoms with E-state index in [0.29, 0.717) is 17.3 Å². The first-order valence-corrected chi connectivity index (χ1v) is 11.3. The van der Waals surface area contributed by atoms with Gasteiger partial charge in [0, 0.05) is 37.7 Å². The summed E-state index contributed by atoms with van der Waals surface area (Å²) in [4.78, 5) is 17.2. The molecule has 1 saturated heterocycles. The van der Waals surface area contributed by atoms with Gasteiger partial charge in [-0.3, -0.25) is 9.69 Å². The number of benzene rings is 2. The molecule has 1 N–H and O–H groups in total. The lowest BCUT2D eigenvalue weighted by atomic mass is 10.1. The molecule has 1 aliphatic carbocycles. The molecule has 166 valence electrons. The minimum atomic E-state index is -0.220. The van der Waals surface area contributed by atoms with Gasteiger partial charge in [-0.05, 0) is 67.3 Å². The molecule has 2 aromatic rings. The molecule has 4 rings (SSSR count). The summed E-state index contributed by atoms with van der Waals surface area (Å²) >= 11 is 5.91. The SMILES string of the molecule is O=C(COc1ccc(Cl)cc1)N1CCN(Cc2ccc(F)cc2)CC1CNCC1CC1. The number of piperazine rings is 1. The van der Waals surface area contributed by atoms with E-state index in [2.05, 4.69) is 10.2 Å². The van der Waals surface area contributed by atoms with Gasteiger partial charge in [0.15, 0.2) is 6.61 Å². The molecule has 1 amide bonds. The Labute approximate surface area is 188 Å². The molecule has 2 aromatic carbocycles. The molecule has 1 saturated carbocycles. The fourth-order valence-corrected chi connectivity index (χ4v) is 4.08. The van der Waals surface area contributed by atoms with E-state index in [1.54, 1.807) is 24.3 Å². The summed E-state index contributed by atoms with van der Waals surface area (Å²) in [5.74, 6) is 1.20. The molecule has 5 nitrogen and oxygen atoms in total. The van der Waals surface area contributed by atoms with Crippen molar-refractivity contribution < 1.29 is 13.9 Å². The fraction of sp³-hybridized carbons (Fsp3) is 0.458. The highest BCUT2D eigenvalue weighted by Crippen LogP contribution is 2.27. The number of nitrogens with zero attached hydrogens (tertiary/aromatic N) is 2. The van der Waals surface area contributed by atoms with Gasteiger partial charge in [0.1, 0.15) is 11.6 Å². The zero-order valence-electron chi connectivity index (χ0n) is 17.6. The minimum Gasteiger partial charge on any atom is -0.484 e. The monoisotopic (exact) mass is 445 g/mol. The molecular weight excluding hydrogens is 417 g/mol. The Hall–Kier alpha value is -2.15. The molecular formula is C24H29ClFN3O2. The summed E-state index contributed by atoms with van der Waals surface area (Å²) in [5.41, 5.74) is 1.08. The van der Waals surface area contributed by atoms with Crippen LogP contribution in [0.4, 0.5) is 4.39 Å². The summed E-state index contributed by atoms with van der Waals surface area (Å²) < 4.78 is 18.9. The van der Waals surface area contributed by atoms with E-state index in [4.69, 9.17) is 16.3 Å². The van der Waals surface area contributed by atoms with Gasteiger partial charge in [0.25, 0.3) is 5.91 Å². The normalized spacial score (nSPS) is 19.4. The van der Waals surface area contributed by atoms with E-state index < -0.39 is 0 Å². The molecule has 2 aliphatic rings. The van der Waals surface area contributed by atoms with Crippen LogP contribution in [0.3, 0.4) is 0 Å².